The zero-order valence-electron chi connectivity index (χ0n) is 10.2. The largest absolute Gasteiger partial charge is 0.395 e. The molecule has 0 saturated heterocycles. The summed E-state index contributed by atoms with van der Waals surface area (Å²) in [6.45, 7) is 3.27. The van der Waals surface area contributed by atoms with E-state index in [4.69, 9.17) is 5.11 Å². The third-order valence-corrected chi connectivity index (χ3v) is 3.33. The second kappa shape index (κ2) is 5.32. The van der Waals surface area contributed by atoms with Crippen LogP contribution in [0, 0.1) is 0 Å². The fourth-order valence-corrected chi connectivity index (χ4v) is 2.42. The van der Waals surface area contributed by atoms with Gasteiger partial charge in [-0.25, -0.2) is 0 Å². The minimum atomic E-state index is 0.0179. The van der Waals surface area contributed by atoms with E-state index < -0.39 is 0 Å². The number of hydrogen-bond donors (Lipinski definition) is 1. The highest BCUT2D eigenvalue weighted by Crippen LogP contribution is 2.36. The first-order valence-electron chi connectivity index (χ1n) is 6.25. The monoisotopic (exact) mass is 233 g/mol. The molecule has 3 nitrogen and oxygen atoms in total. The van der Waals surface area contributed by atoms with Crippen LogP contribution in [0.4, 0.5) is 0 Å². The van der Waals surface area contributed by atoms with Crippen molar-refractivity contribution in [3.8, 4) is 0 Å². The number of carbonyl (C=O) groups excluding carboxylic acids is 1. The number of fused-ring (bicyclic) bond motifs is 1. The van der Waals surface area contributed by atoms with Crippen LogP contribution < -0.4 is 0 Å². The van der Waals surface area contributed by atoms with E-state index >= 15 is 0 Å². The second-order valence-electron chi connectivity index (χ2n) is 4.50. The molecule has 1 unspecified atom stereocenters. The molecule has 3 heteroatoms. The Morgan fingerprint density at radius 2 is 2.18 bits per heavy atom. The van der Waals surface area contributed by atoms with Gasteiger partial charge in [-0.1, -0.05) is 31.2 Å². The standard InChI is InChI=1S/C14H19NO2/c1-2-7-15(8-9-16)14(17)13-10-11-5-3-4-6-12(11)13/h3-6,13,16H,2,7-10H2,1H3. The highest BCUT2D eigenvalue weighted by atomic mass is 16.3. The molecule has 1 aliphatic carbocycles. The lowest BCUT2D eigenvalue weighted by Crippen LogP contribution is -2.41. The number of nitrogens with zero attached hydrogens (tertiary/aromatic N) is 1. The Morgan fingerprint density at radius 1 is 1.41 bits per heavy atom. The van der Waals surface area contributed by atoms with E-state index in [1.807, 2.05) is 25.1 Å². The van der Waals surface area contributed by atoms with E-state index in [-0.39, 0.29) is 18.4 Å². The van der Waals surface area contributed by atoms with Crippen LogP contribution in [-0.2, 0) is 11.2 Å². The van der Waals surface area contributed by atoms with Crippen molar-refractivity contribution in [1.82, 2.24) is 4.90 Å². The normalized spacial score (nSPS) is 17.2. The number of hydrogen-bond acceptors (Lipinski definition) is 2. The molecular weight excluding hydrogens is 214 g/mol. The molecule has 0 saturated carbocycles. The number of carbonyl (C=O) groups is 1. The van der Waals surface area contributed by atoms with Gasteiger partial charge in [0.15, 0.2) is 0 Å². The maximum absolute atomic E-state index is 12.3. The molecule has 17 heavy (non-hydrogen) atoms. The lowest BCUT2D eigenvalue weighted by Gasteiger charge is -2.33. The third kappa shape index (κ3) is 2.34. The van der Waals surface area contributed by atoms with E-state index in [1.165, 1.54) is 5.56 Å². The summed E-state index contributed by atoms with van der Waals surface area (Å²) in [6.07, 6.45) is 1.78. The summed E-state index contributed by atoms with van der Waals surface area (Å²) in [5, 5.41) is 8.99. The SMILES string of the molecule is CCCN(CCO)C(=O)C1Cc2ccccc21. The summed E-state index contributed by atoms with van der Waals surface area (Å²) in [6, 6.07) is 8.10. The maximum Gasteiger partial charge on any atom is 0.230 e. The van der Waals surface area contributed by atoms with E-state index in [9.17, 15) is 4.79 Å². The van der Waals surface area contributed by atoms with Crippen LogP contribution >= 0.6 is 0 Å². The van der Waals surface area contributed by atoms with Crippen LogP contribution in [0.1, 0.15) is 30.4 Å². The van der Waals surface area contributed by atoms with Gasteiger partial charge in [0.2, 0.25) is 5.91 Å². The maximum atomic E-state index is 12.3. The molecule has 0 bridgehead atoms. The zero-order chi connectivity index (χ0) is 12.3. The Bertz CT molecular complexity index is 397. The number of aliphatic hydroxyl groups excluding tert-OH is 1. The van der Waals surface area contributed by atoms with Gasteiger partial charge in [-0.15, -0.1) is 0 Å². The predicted octanol–water partition coefficient (Wildman–Crippen LogP) is 1.56. The average Bonchev–Trinajstić information content (AvgIpc) is 2.30. The molecule has 0 heterocycles. The Morgan fingerprint density at radius 3 is 2.82 bits per heavy atom. The summed E-state index contributed by atoms with van der Waals surface area (Å²) in [4.78, 5) is 14.1. The Labute approximate surface area is 102 Å². The number of aliphatic hydroxyl groups is 1. The molecule has 1 aromatic carbocycles. The molecular formula is C14H19NO2. The minimum Gasteiger partial charge on any atom is -0.395 e. The van der Waals surface area contributed by atoms with Crippen molar-refractivity contribution in [2.45, 2.75) is 25.7 Å². The molecule has 1 amide bonds. The van der Waals surface area contributed by atoms with Gasteiger partial charge < -0.3 is 10.0 Å². The highest BCUT2D eigenvalue weighted by Gasteiger charge is 2.34. The molecule has 92 valence electrons. The van der Waals surface area contributed by atoms with E-state index in [0.29, 0.717) is 6.54 Å². The van der Waals surface area contributed by atoms with Crippen LogP contribution in [0.15, 0.2) is 24.3 Å². The summed E-state index contributed by atoms with van der Waals surface area (Å²) in [5.41, 5.74) is 2.45. The van der Waals surface area contributed by atoms with Gasteiger partial charge in [-0.3, -0.25) is 4.79 Å². The van der Waals surface area contributed by atoms with Crippen molar-refractivity contribution in [1.29, 1.82) is 0 Å². The van der Waals surface area contributed by atoms with Crippen LogP contribution in [-0.4, -0.2) is 35.6 Å². The minimum absolute atomic E-state index is 0.0179. The zero-order valence-corrected chi connectivity index (χ0v) is 10.2. The smallest absolute Gasteiger partial charge is 0.230 e. The lowest BCUT2D eigenvalue weighted by atomic mass is 9.77. The lowest BCUT2D eigenvalue weighted by molar-refractivity contribution is -0.134. The van der Waals surface area contributed by atoms with E-state index in [2.05, 4.69) is 6.07 Å². The summed E-state index contributed by atoms with van der Waals surface area (Å²) in [5.74, 6) is 0.184. The van der Waals surface area contributed by atoms with Crippen LogP contribution in [0.2, 0.25) is 0 Å². The van der Waals surface area contributed by atoms with Gasteiger partial charge in [0, 0.05) is 13.1 Å². The number of amides is 1. The third-order valence-electron chi connectivity index (χ3n) is 3.33. The van der Waals surface area contributed by atoms with Gasteiger partial charge in [0.05, 0.1) is 12.5 Å². The number of benzene rings is 1. The molecule has 1 atom stereocenters. The molecule has 1 aromatic rings. The molecule has 0 aliphatic heterocycles. The van der Waals surface area contributed by atoms with Crippen molar-refractivity contribution in [3.63, 3.8) is 0 Å². The van der Waals surface area contributed by atoms with E-state index in [1.54, 1.807) is 4.90 Å². The molecule has 0 radical (unpaired) electrons. The molecule has 0 aromatic heterocycles. The van der Waals surface area contributed by atoms with Crippen molar-refractivity contribution in [2.24, 2.45) is 0 Å². The highest BCUT2D eigenvalue weighted by molar-refractivity contribution is 5.86. The molecule has 2 rings (SSSR count). The van der Waals surface area contributed by atoms with Gasteiger partial charge in [-0.05, 0) is 24.0 Å². The van der Waals surface area contributed by atoms with E-state index in [0.717, 1.165) is 24.9 Å². The molecule has 1 aliphatic rings. The van der Waals surface area contributed by atoms with Crippen LogP contribution in [0.5, 0.6) is 0 Å². The Balaban J connectivity index is 2.06. The first-order valence-corrected chi connectivity index (χ1v) is 6.25. The summed E-state index contributed by atoms with van der Waals surface area (Å²) in [7, 11) is 0. The summed E-state index contributed by atoms with van der Waals surface area (Å²) < 4.78 is 0. The molecule has 0 fully saturated rings. The van der Waals surface area contributed by atoms with Gasteiger partial charge in [-0.2, -0.15) is 0 Å². The first kappa shape index (κ1) is 12.1. The average molecular weight is 233 g/mol. The second-order valence-corrected chi connectivity index (χ2v) is 4.50. The predicted molar refractivity (Wildman–Crippen MR) is 66.8 cm³/mol. The van der Waals surface area contributed by atoms with Gasteiger partial charge in [0.25, 0.3) is 0 Å². The van der Waals surface area contributed by atoms with Gasteiger partial charge >= 0.3 is 0 Å². The molecule has 0 spiro atoms. The topological polar surface area (TPSA) is 40.5 Å². The van der Waals surface area contributed by atoms with Gasteiger partial charge in [0.1, 0.15) is 0 Å². The van der Waals surface area contributed by atoms with Crippen LogP contribution in [0.25, 0.3) is 0 Å². The van der Waals surface area contributed by atoms with Crippen molar-refractivity contribution in [2.75, 3.05) is 19.7 Å². The Kier molecular flexibility index (Phi) is 3.79. The first-order chi connectivity index (χ1) is 8.27. The number of rotatable bonds is 5. The van der Waals surface area contributed by atoms with Crippen molar-refractivity contribution < 1.29 is 9.90 Å². The molecule has 1 N–H and O–H groups in total. The van der Waals surface area contributed by atoms with Crippen molar-refractivity contribution >= 4 is 5.91 Å². The van der Waals surface area contributed by atoms with Crippen molar-refractivity contribution in [3.05, 3.63) is 35.4 Å². The van der Waals surface area contributed by atoms with Crippen LogP contribution in [0.3, 0.4) is 0 Å². The fraction of sp³-hybridized carbons (Fsp3) is 0.500. The fourth-order valence-electron chi connectivity index (χ4n) is 2.42. The summed E-state index contributed by atoms with van der Waals surface area (Å²) >= 11 is 0. The quantitative estimate of drug-likeness (QED) is 0.838. The Hall–Kier alpha value is -1.35.